The van der Waals surface area contributed by atoms with Gasteiger partial charge in [-0.05, 0) is 42.1 Å². The fourth-order valence-corrected chi connectivity index (χ4v) is 3.84. The van der Waals surface area contributed by atoms with Gasteiger partial charge in [-0.3, -0.25) is 13.9 Å². The standard InChI is InChI=1S/C21H25ClN8O2/c1-3-4-9-28-18-17(23-20(22)24-18)19(31)29(21(28)32)10-6-11-30-26-16(25-27-30)13-15-8-5-7-14(2)12-15/h5,7-8,12H,3-4,6,9-11,13H2,1-2H3,(H,23,24). The molecule has 0 aliphatic carbocycles. The van der Waals surface area contributed by atoms with Gasteiger partial charge in [0.2, 0.25) is 5.28 Å². The summed E-state index contributed by atoms with van der Waals surface area (Å²) in [6.07, 6.45) is 2.80. The van der Waals surface area contributed by atoms with E-state index in [0.717, 1.165) is 18.4 Å². The first-order valence-corrected chi connectivity index (χ1v) is 11.0. The van der Waals surface area contributed by atoms with Crippen LogP contribution < -0.4 is 11.2 Å². The van der Waals surface area contributed by atoms with Crippen LogP contribution in [0.3, 0.4) is 0 Å². The van der Waals surface area contributed by atoms with E-state index in [1.54, 1.807) is 0 Å². The van der Waals surface area contributed by atoms with E-state index >= 15 is 0 Å². The minimum Gasteiger partial charge on any atom is -0.323 e. The van der Waals surface area contributed by atoms with E-state index in [9.17, 15) is 9.59 Å². The van der Waals surface area contributed by atoms with Crippen LogP contribution in [0.5, 0.6) is 0 Å². The second-order valence-electron chi connectivity index (χ2n) is 7.79. The number of aromatic amines is 1. The number of imidazole rings is 1. The zero-order chi connectivity index (χ0) is 22.7. The molecule has 0 amide bonds. The number of nitrogens with one attached hydrogen (secondary N) is 1. The van der Waals surface area contributed by atoms with Crippen molar-refractivity contribution in [2.45, 2.75) is 59.2 Å². The number of tetrazole rings is 1. The molecule has 0 atom stereocenters. The molecule has 0 spiro atoms. The Bertz CT molecular complexity index is 1350. The number of H-pyrrole nitrogens is 1. The fraction of sp³-hybridized carbons (Fsp3) is 0.429. The molecule has 1 aromatic carbocycles. The molecule has 32 heavy (non-hydrogen) atoms. The summed E-state index contributed by atoms with van der Waals surface area (Å²) in [5, 5.41) is 12.7. The Balaban J connectivity index is 1.48. The summed E-state index contributed by atoms with van der Waals surface area (Å²) in [6, 6.07) is 8.17. The van der Waals surface area contributed by atoms with Crippen LogP contribution in [0.4, 0.5) is 0 Å². The summed E-state index contributed by atoms with van der Waals surface area (Å²) >= 11 is 5.96. The van der Waals surface area contributed by atoms with Gasteiger partial charge in [-0.1, -0.05) is 43.2 Å². The van der Waals surface area contributed by atoms with E-state index in [-0.39, 0.29) is 23.0 Å². The van der Waals surface area contributed by atoms with Crippen molar-refractivity contribution < 1.29 is 0 Å². The van der Waals surface area contributed by atoms with Gasteiger partial charge in [0.1, 0.15) is 0 Å². The second kappa shape index (κ2) is 9.47. The van der Waals surface area contributed by atoms with Gasteiger partial charge in [0.15, 0.2) is 17.0 Å². The topological polar surface area (TPSA) is 116 Å². The molecule has 0 bridgehead atoms. The maximum Gasteiger partial charge on any atom is 0.332 e. The molecule has 0 unspecified atom stereocenters. The maximum atomic E-state index is 13.0. The van der Waals surface area contributed by atoms with E-state index in [1.165, 1.54) is 19.5 Å². The third-order valence-corrected chi connectivity index (χ3v) is 5.43. The lowest BCUT2D eigenvalue weighted by molar-refractivity contribution is 0.451. The fourth-order valence-electron chi connectivity index (χ4n) is 3.67. The Morgan fingerprint density at radius 3 is 2.69 bits per heavy atom. The largest absolute Gasteiger partial charge is 0.332 e. The number of nitrogens with zero attached hydrogens (tertiary/aromatic N) is 7. The molecule has 3 aromatic heterocycles. The predicted molar refractivity (Wildman–Crippen MR) is 121 cm³/mol. The minimum atomic E-state index is -0.427. The van der Waals surface area contributed by atoms with Crippen LogP contribution in [0.1, 0.15) is 43.1 Å². The van der Waals surface area contributed by atoms with E-state index in [0.29, 0.717) is 37.4 Å². The number of halogens is 1. The molecule has 0 aliphatic rings. The lowest BCUT2D eigenvalue weighted by Crippen LogP contribution is -2.40. The van der Waals surface area contributed by atoms with Crippen molar-refractivity contribution in [2.24, 2.45) is 0 Å². The number of aromatic nitrogens is 8. The van der Waals surface area contributed by atoms with Crippen LogP contribution >= 0.6 is 11.6 Å². The van der Waals surface area contributed by atoms with Crippen molar-refractivity contribution >= 4 is 22.8 Å². The van der Waals surface area contributed by atoms with Gasteiger partial charge in [0.25, 0.3) is 5.56 Å². The SMILES string of the molecule is CCCCn1c(=O)n(CCCn2nnc(Cc3cccc(C)c3)n2)c(=O)c2[nH]c(Cl)nc21. The van der Waals surface area contributed by atoms with Crippen molar-refractivity contribution in [2.75, 3.05) is 0 Å². The van der Waals surface area contributed by atoms with Gasteiger partial charge in [0.05, 0.1) is 6.54 Å². The Morgan fingerprint density at radius 1 is 1.09 bits per heavy atom. The summed E-state index contributed by atoms with van der Waals surface area (Å²) in [4.78, 5) is 34.2. The number of aryl methyl sites for hydroxylation is 3. The van der Waals surface area contributed by atoms with Crippen LogP contribution in [0.15, 0.2) is 33.9 Å². The molecular formula is C21H25ClN8O2. The van der Waals surface area contributed by atoms with Gasteiger partial charge in [-0.2, -0.15) is 9.78 Å². The summed E-state index contributed by atoms with van der Waals surface area (Å²) in [7, 11) is 0. The molecule has 10 nitrogen and oxygen atoms in total. The van der Waals surface area contributed by atoms with Crippen LogP contribution in [-0.4, -0.2) is 39.3 Å². The van der Waals surface area contributed by atoms with Gasteiger partial charge >= 0.3 is 5.69 Å². The highest BCUT2D eigenvalue weighted by atomic mass is 35.5. The summed E-state index contributed by atoms with van der Waals surface area (Å²) < 4.78 is 2.73. The molecule has 3 heterocycles. The number of benzene rings is 1. The van der Waals surface area contributed by atoms with E-state index < -0.39 is 5.56 Å². The monoisotopic (exact) mass is 456 g/mol. The zero-order valence-electron chi connectivity index (χ0n) is 18.1. The molecule has 168 valence electrons. The van der Waals surface area contributed by atoms with Gasteiger partial charge in [0, 0.05) is 19.5 Å². The van der Waals surface area contributed by atoms with Crippen LogP contribution in [0.25, 0.3) is 11.2 Å². The first-order valence-electron chi connectivity index (χ1n) is 10.7. The summed E-state index contributed by atoms with van der Waals surface area (Å²) in [6.45, 7) is 5.21. The molecule has 0 radical (unpaired) electrons. The van der Waals surface area contributed by atoms with Gasteiger partial charge in [-0.15, -0.1) is 10.2 Å². The molecule has 1 N–H and O–H groups in total. The van der Waals surface area contributed by atoms with Gasteiger partial charge < -0.3 is 4.98 Å². The average Bonchev–Trinajstić information content (AvgIpc) is 3.37. The van der Waals surface area contributed by atoms with E-state index in [2.05, 4.69) is 31.4 Å². The molecule has 11 heteroatoms. The average molecular weight is 457 g/mol. The summed E-state index contributed by atoms with van der Waals surface area (Å²) in [5.41, 5.74) is 2.03. The van der Waals surface area contributed by atoms with Crippen molar-refractivity contribution in [1.82, 2.24) is 39.3 Å². The number of hydrogen-bond donors (Lipinski definition) is 1. The number of fused-ring (bicyclic) bond motifs is 1. The highest BCUT2D eigenvalue weighted by molar-refractivity contribution is 6.28. The van der Waals surface area contributed by atoms with Crippen molar-refractivity contribution in [1.29, 1.82) is 0 Å². The Morgan fingerprint density at radius 2 is 1.91 bits per heavy atom. The van der Waals surface area contributed by atoms with E-state index in [4.69, 9.17) is 11.6 Å². The quantitative estimate of drug-likeness (QED) is 0.386. The normalized spacial score (nSPS) is 11.5. The summed E-state index contributed by atoms with van der Waals surface area (Å²) in [5.74, 6) is 0.628. The van der Waals surface area contributed by atoms with Crippen molar-refractivity contribution in [3.63, 3.8) is 0 Å². The maximum absolute atomic E-state index is 13.0. The highest BCUT2D eigenvalue weighted by Gasteiger charge is 2.16. The third-order valence-electron chi connectivity index (χ3n) is 5.25. The smallest absolute Gasteiger partial charge is 0.323 e. The van der Waals surface area contributed by atoms with Crippen molar-refractivity contribution in [3.8, 4) is 0 Å². The number of hydrogen-bond acceptors (Lipinski definition) is 6. The molecule has 0 fully saturated rings. The zero-order valence-corrected chi connectivity index (χ0v) is 18.8. The van der Waals surface area contributed by atoms with Gasteiger partial charge in [-0.25, -0.2) is 4.79 Å². The molecule has 0 saturated heterocycles. The first kappa shape index (κ1) is 21.9. The first-order chi connectivity index (χ1) is 15.5. The lowest BCUT2D eigenvalue weighted by Gasteiger charge is -2.10. The van der Waals surface area contributed by atoms with Crippen LogP contribution in [-0.2, 0) is 26.1 Å². The highest BCUT2D eigenvalue weighted by Crippen LogP contribution is 2.11. The molecular weight excluding hydrogens is 432 g/mol. The Hall–Kier alpha value is -3.27. The molecule has 0 saturated carbocycles. The van der Waals surface area contributed by atoms with Crippen LogP contribution in [0.2, 0.25) is 5.28 Å². The Kier molecular flexibility index (Phi) is 6.50. The van der Waals surface area contributed by atoms with Crippen LogP contribution in [0, 0.1) is 6.92 Å². The van der Waals surface area contributed by atoms with Crippen molar-refractivity contribution in [3.05, 3.63) is 67.3 Å². The number of rotatable bonds is 9. The molecule has 0 aliphatic heterocycles. The number of unbranched alkanes of at least 4 members (excludes halogenated alkanes) is 1. The lowest BCUT2D eigenvalue weighted by atomic mass is 10.1. The predicted octanol–water partition coefficient (Wildman–Crippen LogP) is 2.32. The third kappa shape index (κ3) is 4.64. The van der Waals surface area contributed by atoms with E-state index in [1.807, 2.05) is 32.0 Å². The minimum absolute atomic E-state index is 0.0902. The molecule has 4 aromatic rings. The molecule has 4 rings (SSSR count). The Labute approximate surface area is 188 Å². The second-order valence-corrected chi connectivity index (χ2v) is 8.15.